The molecule has 6 nitrogen and oxygen atoms in total. The van der Waals surface area contributed by atoms with Gasteiger partial charge in [0.25, 0.3) is 0 Å². The highest BCUT2D eigenvalue weighted by Gasteiger charge is 2.31. The first-order valence-corrected chi connectivity index (χ1v) is 13.3. The molecule has 0 aliphatic rings. The van der Waals surface area contributed by atoms with Gasteiger partial charge in [-0.1, -0.05) is 28.1 Å². The third-order valence-corrected chi connectivity index (χ3v) is 5.42. The van der Waals surface area contributed by atoms with Gasteiger partial charge >= 0.3 is 0 Å². The second-order valence-electron chi connectivity index (χ2n) is 6.55. The van der Waals surface area contributed by atoms with E-state index >= 15 is 0 Å². The minimum absolute atomic E-state index is 0.0174. The molecule has 2 atom stereocenters. The molecule has 0 aliphatic heterocycles. The van der Waals surface area contributed by atoms with Gasteiger partial charge in [-0.05, 0) is 38.2 Å². The van der Waals surface area contributed by atoms with Crippen LogP contribution < -0.4 is 9.15 Å². The van der Waals surface area contributed by atoms with Crippen molar-refractivity contribution in [3.05, 3.63) is 35.8 Å². The Hall–Kier alpha value is -1.20. The van der Waals surface area contributed by atoms with Gasteiger partial charge in [-0.3, -0.25) is 4.21 Å². The molecule has 10 heteroatoms. The van der Waals surface area contributed by atoms with Crippen LogP contribution in [0.4, 0.5) is 4.39 Å². The van der Waals surface area contributed by atoms with Crippen LogP contribution in [0.2, 0.25) is 19.6 Å². The largest absolute Gasteiger partial charge is 0.760 e. The van der Waals surface area contributed by atoms with Gasteiger partial charge in [0.05, 0.1) is 10.4 Å². The highest BCUT2D eigenvalue weighted by molar-refractivity contribution is 9.09. The minimum atomic E-state index is -2.37. The monoisotopic (exact) mass is 464 g/mol. The zero-order valence-electron chi connectivity index (χ0n) is 14.5. The number of benzene rings is 1. The summed E-state index contributed by atoms with van der Waals surface area (Å²) in [6, 6.07) is 5.95. The molecule has 0 saturated carbocycles. The Labute approximate surface area is 163 Å². The molecule has 0 radical (unpaired) electrons. The Morgan fingerprint density at radius 1 is 1.42 bits per heavy atom. The van der Waals surface area contributed by atoms with Crippen LogP contribution in [-0.4, -0.2) is 28.7 Å². The molecule has 1 heterocycles. The molecule has 0 spiro atoms. The van der Waals surface area contributed by atoms with Crippen LogP contribution in [0, 0.1) is 5.82 Å². The fraction of sp³-hybridized carbons (Fsp3) is 0.375. The van der Waals surface area contributed by atoms with Crippen LogP contribution >= 0.6 is 15.9 Å². The van der Waals surface area contributed by atoms with Crippen LogP contribution in [0.25, 0.3) is 11.3 Å². The Bertz CT molecular complexity index is 795. The smallest absolute Gasteiger partial charge is 0.242 e. The van der Waals surface area contributed by atoms with E-state index in [9.17, 15) is 18.3 Å². The van der Waals surface area contributed by atoms with Gasteiger partial charge in [0, 0.05) is 17.8 Å². The van der Waals surface area contributed by atoms with E-state index in [0.717, 1.165) is 0 Å². The summed E-state index contributed by atoms with van der Waals surface area (Å²) in [5.74, 6) is -0.361. The SMILES string of the molecule is C[Si](C)(C)Oc1c(C(Br)CCNS(=O)[O-])oc(-c2ccccc2F)c1O. The van der Waals surface area contributed by atoms with Crippen LogP contribution in [0.3, 0.4) is 0 Å². The third-order valence-electron chi connectivity index (χ3n) is 3.29. The molecular weight excluding hydrogens is 445 g/mol. The van der Waals surface area contributed by atoms with Gasteiger partial charge in [-0.15, -0.1) is 0 Å². The molecule has 2 aromatic rings. The van der Waals surface area contributed by atoms with E-state index in [1.54, 1.807) is 12.1 Å². The van der Waals surface area contributed by atoms with Crippen molar-refractivity contribution in [1.29, 1.82) is 0 Å². The number of alkyl halides is 1. The summed E-state index contributed by atoms with van der Waals surface area (Å²) >= 11 is 1.06. The Morgan fingerprint density at radius 2 is 2.08 bits per heavy atom. The predicted molar refractivity (Wildman–Crippen MR) is 103 cm³/mol. The maximum Gasteiger partial charge on any atom is 0.242 e. The summed E-state index contributed by atoms with van der Waals surface area (Å²) in [4.78, 5) is -0.434. The fourth-order valence-corrected chi connectivity index (χ4v) is 3.89. The maximum absolute atomic E-state index is 14.1. The third kappa shape index (κ3) is 5.40. The van der Waals surface area contributed by atoms with Gasteiger partial charge in [0.15, 0.2) is 17.3 Å². The van der Waals surface area contributed by atoms with Gasteiger partial charge in [0.1, 0.15) is 5.82 Å². The summed E-state index contributed by atoms with van der Waals surface area (Å²) in [6.07, 6.45) is 0.347. The lowest BCUT2D eigenvalue weighted by Crippen LogP contribution is -2.29. The number of furan rings is 1. The Morgan fingerprint density at radius 3 is 2.65 bits per heavy atom. The standard InChI is InChI=1S/C16H21BrFNO5SSi/c1-26(2,3)24-16-13(20)14(10-6-4-5-7-12(10)18)23-15(16)11(17)8-9-19-25(21)22/h4-7,11,19-20H,8-9H2,1-3H3,(H,21,22)/p-1. The predicted octanol–water partition coefficient (Wildman–Crippen LogP) is 4.21. The molecule has 1 aromatic heterocycles. The van der Waals surface area contributed by atoms with E-state index in [4.69, 9.17) is 8.84 Å². The highest BCUT2D eigenvalue weighted by atomic mass is 79.9. The lowest BCUT2D eigenvalue weighted by Gasteiger charge is -2.20. The number of aromatic hydroxyl groups is 1. The number of hydrogen-bond acceptors (Lipinski definition) is 5. The van der Waals surface area contributed by atoms with Crippen LogP contribution in [-0.2, 0) is 11.3 Å². The minimum Gasteiger partial charge on any atom is -0.760 e. The van der Waals surface area contributed by atoms with Crippen molar-refractivity contribution in [3.8, 4) is 22.8 Å². The number of rotatable bonds is 8. The molecule has 0 fully saturated rings. The molecular formula is C16H20BrFNO5SSi-. The topological polar surface area (TPSA) is 94.8 Å². The molecule has 0 amide bonds. The average molecular weight is 465 g/mol. The number of halogens is 2. The first kappa shape index (κ1) is 21.1. The summed E-state index contributed by atoms with van der Waals surface area (Å²) < 4.78 is 49.3. The normalized spacial score (nSPS) is 14.2. The lowest BCUT2D eigenvalue weighted by atomic mass is 10.1. The van der Waals surface area contributed by atoms with Crippen molar-refractivity contribution >= 4 is 35.5 Å². The van der Waals surface area contributed by atoms with E-state index < -0.39 is 30.2 Å². The van der Waals surface area contributed by atoms with Crippen LogP contribution in [0.1, 0.15) is 17.0 Å². The maximum atomic E-state index is 14.1. The van der Waals surface area contributed by atoms with Crippen molar-refractivity contribution in [3.63, 3.8) is 0 Å². The van der Waals surface area contributed by atoms with E-state index in [1.807, 2.05) is 19.6 Å². The highest BCUT2D eigenvalue weighted by Crippen LogP contribution is 2.49. The molecule has 0 aliphatic carbocycles. The first-order valence-electron chi connectivity index (χ1n) is 7.86. The van der Waals surface area contributed by atoms with E-state index in [1.165, 1.54) is 12.1 Å². The zero-order valence-corrected chi connectivity index (χ0v) is 17.9. The van der Waals surface area contributed by atoms with Crippen molar-refractivity contribution < 1.29 is 27.1 Å². The van der Waals surface area contributed by atoms with Crippen molar-refractivity contribution in [2.75, 3.05) is 6.54 Å². The summed E-state index contributed by atoms with van der Waals surface area (Å²) in [6.45, 7) is 5.99. The van der Waals surface area contributed by atoms with Crippen LogP contribution in [0.5, 0.6) is 11.5 Å². The van der Waals surface area contributed by atoms with Crippen molar-refractivity contribution in [2.45, 2.75) is 30.9 Å². The molecule has 2 rings (SSSR count). The first-order chi connectivity index (χ1) is 12.1. The lowest BCUT2D eigenvalue weighted by molar-refractivity contribution is 0.438. The van der Waals surface area contributed by atoms with Gasteiger partial charge < -0.3 is 18.5 Å². The van der Waals surface area contributed by atoms with Gasteiger partial charge in [-0.25, -0.2) is 9.11 Å². The molecule has 1 aromatic carbocycles. The van der Waals surface area contributed by atoms with Gasteiger partial charge in [0.2, 0.25) is 14.1 Å². The van der Waals surface area contributed by atoms with Crippen LogP contribution in [0.15, 0.2) is 28.7 Å². The molecule has 2 unspecified atom stereocenters. The summed E-state index contributed by atoms with van der Waals surface area (Å²) in [5, 5.41) is 10.6. The molecule has 0 bridgehead atoms. The van der Waals surface area contributed by atoms with E-state index in [-0.39, 0.29) is 29.4 Å². The molecule has 144 valence electrons. The van der Waals surface area contributed by atoms with Crippen molar-refractivity contribution in [2.24, 2.45) is 0 Å². The fourth-order valence-electron chi connectivity index (χ4n) is 2.26. The molecule has 0 saturated heterocycles. The van der Waals surface area contributed by atoms with E-state index in [0.29, 0.717) is 12.2 Å². The molecule has 2 N–H and O–H groups in total. The second-order valence-corrected chi connectivity index (χ2v) is 12.8. The summed E-state index contributed by atoms with van der Waals surface area (Å²) in [5.41, 5.74) is 0.121. The summed E-state index contributed by atoms with van der Waals surface area (Å²) in [7, 11) is -2.11. The average Bonchev–Trinajstić information content (AvgIpc) is 2.83. The zero-order chi connectivity index (χ0) is 19.5. The quantitative estimate of drug-likeness (QED) is 0.346. The number of nitrogens with one attached hydrogen (secondary N) is 1. The molecule has 26 heavy (non-hydrogen) atoms. The Kier molecular flexibility index (Phi) is 7.03. The second kappa shape index (κ2) is 8.66. The van der Waals surface area contributed by atoms with Gasteiger partial charge in [-0.2, -0.15) is 0 Å². The Balaban J connectivity index is 2.43. The van der Waals surface area contributed by atoms with E-state index in [2.05, 4.69) is 20.7 Å². The number of hydrogen-bond donors (Lipinski definition) is 2. The van der Waals surface area contributed by atoms with Crippen molar-refractivity contribution in [1.82, 2.24) is 4.72 Å².